The average Bonchev–Trinajstić information content (AvgIpc) is 1.77. The van der Waals surface area contributed by atoms with Crippen LogP contribution < -0.4 is 0 Å². The lowest BCUT2D eigenvalue weighted by Crippen LogP contribution is -1.94. The van der Waals surface area contributed by atoms with Gasteiger partial charge in [-0.3, -0.25) is 0 Å². The Kier molecular flexibility index (Phi) is 1.11. The van der Waals surface area contributed by atoms with Crippen molar-refractivity contribution in [2.24, 2.45) is 0 Å². The minimum absolute atomic E-state index is 1.21. The predicted octanol–water partition coefficient (Wildman–Crippen LogP) is -0.0500. The van der Waals surface area contributed by atoms with E-state index >= 15 is 0 Å². The molecule has 1 aromatic rings. The van der Waals surface area contributed by atoms with Crippen molar-refractivity contribution in [3.63, 3.8) is 0 Å². The molecular weight excluding hydrogens is 116 g/mol. The predicted molar refractivity (Wildman–Crippen MR) is 18.6 cm³/mol. The second-order valence-corrected chi connectivity index (χ2v) is 1.01. The van der Waals surface area contributed by atoms with Gasteiger partial charge in [-0.15, -0.1) is 5.10 Å². The monoisotopic (exact) mass is 116 g/mol. The molecule has 0 spiro atoms. The smallest absolute Gasteiger partial charge is 0.199 e. The topological polar surface area (TPSA) is 38.7 Å². The summed E-state index contributed by atoms with van der Waals surface area (Å²) >= 11 is 0. The molecule has 0 bridgehead atoms. The quantitative estimate of drug-likeness (QED) is 0.477. The maximum atomic E-state index is 11.7. The molecule has 0 N–H and O–H groups in total. The molecule has 1 aromatic heterocycles. The molecule has 0 aliphatic heterocycles. The van der Waals surface area contributed by atoms with Crippen LogP contribution in [0, 0.1) is 18.0 Å². The first kappa shape index (κ1) is 5.02. The molecule has 0 amide bonds. The Labute approximate surface area is 43.4 Å². The molecule has 0 aromatic carbocycles. The van der Waals surface area contributed by atoms with E-state index in [0.717, 1.165) is 0 Å². The van der Waals surface area contributed by atoms with Gasteiger partial charge in [-0.1, -0.05) is 5.10 Å². The van der Waals surface area contributed by atoms with Crippen LogP contribution in [0.25, 0.3) is 0 Å². The summed E-state index contributed by atoms with van der Waals surface area (Å²) in [7, 11) is 0. The fraction of sp³-hybridized carbons (Fsp3) is 0. The Morgan fingerprint density at radius 2 is 2.12 bits per heavy atom. The van der Waals surface area contributed by atoms with Crippen molar-refractivity contribution in [1.29, 1.82) is 0 Å². The molecule has 1 rings (SSSR count). The average molecular weight is 116 g/mol. The third-order valence-electron chi connectivity index (χ3n) is 0.507. The Balaban J connectivity index is 3.13. The minimum atomic E-state index is -1.28. The number of nitrogens with zero attached hydrogens (tertiary/aromatic N) is 3. The van der Waals surface area contributed by atoms with Gasteiger partial charge < -0.3 is 0 Å². The number of rotatable bonds is 0. The van der Waals surface area contributed by atoms with E-state index < -0.39 is 11.8 Å². The first-order chi connectivity index (χ1) is 3.80. The molecule has 1 radical (unpaired) electrons. The number of hydrogen-bond donors (Lipinski definition) is 0. The van der Waals surface area contributed by atoms with Crippen LogP contribution in [-0.4, -0.2) is 15.4 Å². The molecular formula is C3F2N3. The van der Waals surface area contributed by atoms with Gasteiger partial charge in [0.1, 0.15) is 0 Å². The van der Waals surface area contributed by atoms with Crippen LogP contribution in [0.1, 0.15) is 0 Å². The molecule has 0 saturated carbocycles. The third-order valence-corrected chi connectivity index (χ3v) is 0.507. The Bertz CT molecular complexity index is 169. The van der Waals surface area contributed by atoms with Gasteiger partial charge >= 0.3 is 0 Å². The fourth-order valence-electron chi connectivity index (χ4n) is 0.218. The summed E-state index contributed by atoms with van der Waals surface area (Å²) in [5.74, 6) is -2.49. The second-order valence-electron chi connectivity index (χ2n) is 1.01. The minimum Gasteiger partial charge on any atom is -0.199 e. The normalized spacial score (nSPS) is 9.25. The van der Waals surface area contributed by atoms with E-state index in [2.05, 4.69) is 15.4 Å². The first-order valence-corrected chi connectivity index (χ1v) is 1.73. The van der Waals surface area contributed by atoms with Crippen LogP contribution in [-0.2, 0) is 0 Å². The van der Waals surface area contributed by atoms with Crippen LogP contribution in [0.4, 0.5) is 8.78 Å². The molecule has 3 nitrogen and oxygen atoms in total. The molecule has 0 unspecified atom stereocenters. The standard InChI is InChI=1S/C3F2N3/c4-2-1-6-8-7-3(2)5. The first-order valence-electron chi connectivity index (χ1n) is 1.73. The highest BCUT2D eigenvalue weighted by molar-refractivity contribution is 4.79. The van der Waals surface area contributed by atoms with Gasteiger partial charge in [-0.2, -0.15) is 8.78 Å². The molecule has 0 atom stereocenters. The van der Waals surface area contributed by atoms with Gasteiger partial charge in [-0.25, -0.2) is 0 Å². The van der Waals surface area contributed by atoms with E-state index in [0.29, 0.717) is 0 Å². The Morgan fingerprint density at radius 3 is 2.50 bits per heavy atom. The van der Waals surface area contributed by atoms with Crippen molar-refractivity contribution in [1.82, 2.24) is 15.4 Å². The lowest BCUT2D eigenvalue weighted by atomic mass is 10.7. The largest absolute Gasteiger partial charge is 0.272 e. The van der Waals surface area contributed by atoms with Crippen LogP contribution in [0.2, 0.25) is 0 Å². The number of hydrogen-bond acceptors (Lipinski definition) is 3. The SMILES string of the molecule is Fc1[c]nnnc1F. The van der Waals surface area contributed by atoms with E-state index in [-0.39, 0.29) is 0 Å². The van der Waals surface area contributed by atoms with Crippen molar-refractivity contribution in [3.05, 3.63) is 18.0 Å². The summed E-state index contributed by atoms with van der Waals surface area (Å²) in [6.07, 6.45) is 1.63. The summed E-state index contributed by atoms with van der Waals surface area (Å²) in [6, 6.07) is 0. The molecule has 0 aliphatic rings. The van der Waals surface area contributed by atoms with Gasteiger partial charge in [0.2, 0.25) is 5.82 Å². The van der Waals surface area contributed by atoms with Crippen molar-refractivity contribution in [2.45, 2.75) is 0 Å². The van der Waals surface area contributed by atoms with Crippen molar-refractivity contribution in [3.8, 4) is 0 Å². The lowest BCUT2D eigenvalue weighted by molar-refractivity contribution is 0.449. The summed E-state index contributed by atoms with van der Waals surface area (Å²) < 4.78 is 23.4. The molecule has 5 heteroatoms. The van der Waals surface area contributed by atoms with Gasteiger partial charge in [0, 0.05) is 0 Å². The van der Waals surface area contributed by atoms with E-state index in [1.807, 2.05) is 0 Å². The summed E-state index contributed by atoms with van der Waals surface area (Å²) in [4.78, 5) is 0. The van der Waals surface area contributed by atoms with Crippen molar-refractivity contribution >= 4 is 0 Å². The molecule has 8 heavy (non-hydrogen) atoms. The van der Waals surface area contributed by atoms with Crippen LogP contribution in [0.15, 0.2) is 0 Å². The van der Waals surface area contributed by atoms with E-state index in [1.54, 1.807) is 6.20 Å². The zero-order valence-corrected chi connectivity index (χ0v) is 3.60. The zero-order valence-electron chi connectivity index (χ0n) is 3.60. The number of halogens is 2. The highest BCUT2D eigenvalue weighted by Gasteiger charge is 1.99. The summed E-state index contributed by atoms with van der Waals surface area (Å²) in [6.45, 7) is 0. The van der Waals surface area contributed by atoms with Gasteiger partial charge in [0.05, 0.1) is 0 Å². The molecule has 1 heterocycles. The third kappa shape index (κ3) is 0.749. The van der Waals surface area contributed by atoms with E-state index in [4.69, 9.17) is 0 Å². The molecule has 0 saturated heterocycles. The van der Waals surface area contributed by atoms with E-state index in [9.17, 15) is 8.78 Å². The summed E-state index contributed by atoms with van der Waals surface area (Å²) in [5.41, 5.74) is 0. The number of aromatic nitrogens is 3. The van der Waals surface area contributed by atoms with Gasteiger partial charge in [0.25, 0.3) is 5.95 Å². The van der Waals surface area contributed by atoms with Crippen molar-refractivity contribution < 1.29 is 8.78 Å². The lowest BCUT2D eigenvalue weighted by Gasteiger charge is -1.80. The molecule has 0 fully saturated rings. The van der Waals surface area contributed by atoms with E-state index in [1.165, 1.54) is 0 Å². The maximum absolute atomic E-state index is 11.7. The summed E-state index contributed by atoms with van der Waals surface area (Å²) in [5, 5.41) is 8.26. The van der Waals surface area contributed by atoms with Crippen LogP contribution in [0.5, 0.6) is 0 Å². The zero-order chi connectivity index (χ0) is 5.98. The maximum Gasteiger partial charge on any atom is 0.272 e. The fourth-order valence-corrected chi connectivity index (χ4v) is 0.218. The molecule has 41 valence electrons. The Morgan fingerprint density at radius 1 is 1.38 bits per heavy atom. The highest BCUT2D eigenvalue weighted by atomic mass is 19.2. The van der Waals surface area contributed by atoms with Crippen LogP contribution >= 0.6 is 0 Å². The Hall–Kier alpha value is -1.13. The van der Waals surface area contributed by atoms with Crippen molar-refractivity contribution in [2.75, 3.05) is 0 Å². The second kappa shape index (κ2) is 1.77. The molecule has 0 aliphatic carbocycles. The van der Waals surface area contributed by atoms with Gasteiger partial charge in [0.15, 0.2) is 6.20 Å². The van der Waals surface area contributed by atoms with Gasteiger partial charge in [-0.05, 0) is 5.21 Å². The van der Waals surface area contributed by atoms with Crippen LogP contribution in [0.3, 0.4) is 0 Å². The highest BCUT2D eigenvalue weighted by Crippen LogP contribution is 1.92.